The summed E-state index contributed by atoms with van der Waals surface area (Å²) in [6, 6.07) is 59.0. The third-order valence-electron chi connectivity index (χ3n) is 10.2. The Morgan fingerprint density at radius 1 is 0.242 bits per heavy atom. The first kappa shape index (κ1) is 57.1. The molecule has 338 valence electrons. The molecule has 2 saturated carbocycles. The second-order valence-corrected chi connectivity index (χ2v) is 15.4. The highest BCUT2D eigenvalue weighted by Crippen LogP contribution is 2.32. The van der Waals surface area contributed by atoms with Crippen molar-refractivity contribution in [1.29, 1.82) is 0 Å². The Morgan fingerprint density at radius 2 is 0.468 bits per heavy atom. The first-order valence-electron chi connectivity index (χ1n) is 23.6. The van der Waals surface area contributed by atoms with Crippen molar-refractivity contribution in [2.45, 2.75) is 156 Å². The van der Waals surface area contributed by atoms with Crippen LogP contribution in [0.5, 0.6) is 0 Å². The van der Waals surface area contributed by atoms with Gasteiger partial charge >= 0.3 is 0 Å². The normalized spacial score (nSPS) is 15.1. The third kappa shape index (κ3) is 40.5. The summed E-state index contributed by atoms with van der Waals surface area (Å²) in [6.07, 6.45) is 47.1. The van der Waals surface area contributed by atoms with E-state index in [1.807, 2.05) is 146 Å². The van der Waals surface area contributed by atoms with Crippen LogP contribution in [0.25, 0.3) is 0 Å². The summed E-state index contributed by atoms with van der Waals surface area (Å²) in [7, 11) is 0. The van der Waals surface area contributed by atoms with Crippen molar-refractivity contribution < 1.29 is 1.43 Å². The van der Waals surface area contributed by atoms with Crippen LogP contribution in [-0.2, 0) is 0 Å². The van der Waals surface area contributed by atoms with E-state index in [0.29, 0.717) is 0 Å². The minimum atomic E-state index is 0. The molecule has 0 N–H and O–H groups in total. The molecule has 5 aromatic carbocycles. The lowest BCUT2D eigenvalue weighted by molar-refractivity contribution is 0.443. The molecule has 0 radical (unpaired) electrons. The van der Waals surface area contributed by atoms with Crippen molar-refractivity contribution in [2.24, 2.45) is 0 Å². The zero-order valence-corrected chi connectivity index (χ0v) is 37.3. The highest BCUT2D eigenvalue weighted by atomic mass is 14.2. The quantitative estimate of drug-likeness (QED) is 0.148. The van der Waals surface area contributed by atoms with Crippen LogP contribution < -0.4 is 0 Å². The SMILES string of the molecule is C.C.C1=CCCC=C1.C1=CCCCC1.C1=CCCCC1.C1CCCCC1.[HH].c1ccc(C2CCCCC2)cc1.c1ccccc1.c1ccccc1.c1ccccc1.c1ccccc1. The Hall–Kier alpha value is -4.94. The summed E-state index contributed by atoms with van der Waals surface area (Å²) in [5.41, 5.74) is 1.55. The monoisotopic (exact) mass is 835 g/mol. The molecule has 0 heteroatoms. The molecule has 0 spiro atoms. The van der Waals surface area contributed by atoms with Gasteiger partial charge in [0, 0.05) is 1.43 Å². The van der Waals surface area contributed by atoms with Gasteiger partial charge < -0.3 is 0 Å². The molecule has 0 nitrogen and oxygen atoms in total. The number of hydrogen-bond acceptors (Lipinski definition) is 0. The molecular weight excluding hydrogens is 745 g/mol. The Bertz CT molecular complexity index is 1310. The Kier molecular flexibility index (Phi) is 44.8. The van der Waals surface area contributed by atoms with Gasteiger partial charge in [-0.05, 0) is 88.5 Å². The van der Waals surface area contributed by atoms with Crippen molar-refractivity contribution in [2.75, 3.05) is 0 Å². The molecule has 0 aromatic heterocycles. The fourth-order valence-electron chi connectivity index (χ4n) is 6.82. The highest BCUT2D eigenvalue weighted by molar-refractivity contribution is 5.19. The van der Waals surface area contributed by atoms with Gasteiger partial charge in [-0.15, -0.1) is 0 Å². The molecular formula is C62H90. The lowest BCUT2D eigenvalue weighted by Crippen LogP contribution is -2.03. The highest BCUT2D eigenvalue weighted by Gasteiger charge is 2.14. The summed E-state index contributed by atoms with van der Waals surface area (Å²) in [5, 5.41) is 0. The second kappa shape index (κ2) is 48.7. The lowest BCUT2D eigenvalue weighted by atomic mass is 9.84. The van der Waals surface area contributed by atoms with Crippen LogP contribution in [-0.4, -0.2) is 0 Å². The first-order chi connectivity index (χ1) is 30.0. The van der Waals surface area contributed by atoms with E-state index in [-0.39, 0.29) is 16.3 Å². The molecule has 5 aliphatic rings. The van der Waals surface area contributed by atoms with E-state index in [4.69, 9.17) is 0 Å². The fourth-order valence-corrected chi connectivity index (χ4v) is 6.82. The molecule has 0 aliphatic heterocycles. The molecule has 10 rings (SSSR count). The van der Waals surface area contributed by atoms with Gasteiger partial charge in [0.1, 0.15) is 0 Å². The number of benzene rings is 5. The summed E-state index contributed by atoms with van der Waals surface area (Å²) >= 11 is 0. The van der Waals surface area contributed by atoms with Crippen LogP contribution in [0.2, 0.25) is 0 Å². The molecule has 2 fully saturated rings. The van der Waals surface area contributed by atoms with E-state index in [2.05, 4.69) is 78.9 Å². The predicted molar refractivity (Wildman–Crippen MR) is 284 cm³/mol. The van der Waals surface area contributed by atoms with Crippen LogP contribution in [0.15, 0.2) is 225 Å². The minimum absolute atomic E-state index is 0. The average Bonchev–Trinajstić information content (AvgIpc) is 3.40. The first-order valence-corrected chi connectivity index (χ1v) is 23.6. The van der Waals surface area contributed by atoms with Gasteiger partial charge in [0.25, 0.3) is 0 Å². The van der Waals surface area contributed by atoms with E-state index < -0.39 is 0 Å². The molecule has 0 unspecified atom stereocenters. The predicted octanol–water partition coefficient (Wildman–Crippen LogP) is 20.5. The molecule has 0 atom stereocenters. The number of allylic oxidation sites excluding steroid dienone is 8. The van der Waals surface area contributed by atoms with Gasteiger partial charge in [-0.25, -0.2) is 0 Å². The second-order valence-electron chi connectivity index (χ2n) is 15.4. The topological polar surface area (TPSA) is 0 Å². The zero-order valence-electron chi connectivity index (χ0n) is 37.3. The zero-order chi connectivity index (χ0) is 42.2. The maximum Gasteiger partial charge on any atom is 0 e. The van der Waals surface area contributed by atoms with E-state index >= 15 is 0 Å². The van der Waals surface area contributed by atoms with Crippen molar-refractivity contribution in [3.8, 4) is 0 Å². The third-order valence-corrected chi connectivity index (χ3v) is 10.2. The van der Waals surface area contributed by atoms with Gasteiger partial charge in [0.05, 0.1) is 0 Å². The van der Waals surface area contributed by atoms with E-state index in [0.717, 1.165) is 5.92 Å². The molecule has 5 aromatic rings. The Balaban J connectivity index is 0. The maximum absolute atomic E-state index is 2.27. The molecule has 0 heterocycles. The van der Waals surface area contributed by atoms with Crippen LogP contribution in [0, 0.1) is 0 Å². The minimum Gasteiger partial charge on any atom is -0.0885 e. The summed E-state index contributed by atoms with van der Waals surface area (Å²) in [5.74, 6) is 0.861. The van der Waals surface area contributed by atoms with Crippen molar-refractivity contribution >= 4 is 0 Å². The molecule has 0 bridgehead atoms. The summed E-state index contributed by atoms with van der Waals surface area (Å²) < 4.78 is 0. The van der Waals surface area contributed by atoms with Gasteiger partial charge in [0.15, 0.2) is 0 Å². The van der Waals surface area contributed by atoms with E-state index in [9.17, 15) is 0 Å². The van der Waals surface area contributed by atoms with E-state index in [1.165, 1.54) is 135 Å². The largest absolute Gasteiger partial charge is 0.0885 e. The van der Waals surface area contributed by atoms with Gasteiger partial charge in [0.2, 0.25) is 0 Å². The van der Waals surface area contributed by atoms with Crippen LogP contribution in [0.3, 0.4) is 0 Å². The van der Waals surface area contributed by atoms with E-state index in [1.54, 1.807) is 5.56 Å². The molecule has 0 amide bonds. The average molecular weight is 835 g/mol. The number of hydrogen-bond donors (Lipinski definition) is 0. The summed E-state index contributed by atoms with van der Waals surface area (Å²) in [6.45, 7) is 0. The molecule has 62 heavy (non-hydrogen) atoms. The maximum atomic E-state index is 2.27. The van der Waals surface area contributed by atoms with Crippen molar-refractivity contribution in [3.05, 3.63) is 230 Å². The van der Waals surface area contributed by atoms with Crippen molar-refractivity contribution in [1.82, 2.24) is 0 Å². The van der Waals surface area contributed by atoms with Crippen LogP contribution in [0.1, 0.15) is 163 Å². The Morgan fingerprint density at radius 3 is 0.661 bits per heavy atom. The molecule has 0 saturated heterocycles. The van der Waals surface area contributed by atoms with Gasteiger partial charge in [-0.1, -0.05) is 297 Å². The molecule has 5 aliphatic carbocycles. The smallest absolute Gasteiger partial charge is 0 e. The van der Waals surface area contributed by atoms with Crippen LogP contribution in [0.4, 0.5) is 0 Å². The summed E-state index contributed by atoms with van der Waals surface area (Å²) in [4.78, 5) is 0. The standard InChI is InChI=1S/C12H16.C6H12.2C6H10.C6H8.4C6H6.2CH4.H2/c1-3-7-11(8-4-1)12-9-5-2-6-10-12;8*1-2-4-6-5-3-1;;;/h1,3-4,7-8,12H,2,5-6,9-10H2;1-6H2;2*1-2H,3-6H2;1-4H,5-6H2;4*1-6H;2*1H4;1H. The number of rotatable bonds is 1. The van der Waals surface area contributed by atoms with Crippen LogP contribution >= 0.6 is 0 Å². The van der Waals surface area contributed by atoms with Gasteiger partial charge in [-0.3, -0.25) is 0 Å². The van der Waals surface area contributed by atoms with Gasteiger partial charge in [-0.2, -0.15) is 0 Å². The van der Waals surface area contributed by atoms with Crippen molar-refractivity contribution in [3.63, 3.8) is 0 Å². The fraction of sp³-hybridized carbons (Fsp3) is 0.387. The Labute approximate surface area is 385 Å². The lowest BCUT2D eigenvalue weighted by Gasteiger charge is -2.21.